The number of phenolic OH excluding ortho intramolecular Hbond substituents is 1. The number of Topliss-reactive ketones (excluding diaryl/α,β-unsaturated/α-hetero) is 1. The van der Waals surface area contributed by atoms with Gasteiger partial charge in [0.15, 0.2) is 5.78 Å². The number of carbonyl (C=O) groups excluding carboxylic acids is 1. The third-order valence-corrected chi connectivity index (χ3v) is 7.38. The first-order valence-corrected chi connectivity index (χ1v) is 10.0. The Morgan fingerprint density at radius 1 is 1.26 bits per heavy atom. The van der Waals surface area contributed by atoms with Crippen molar-refractivity contribution >= 4 is 11.9 Å². The number of fused-ring (bicyclic) bond motifs is 5. The lowest BCUT2D eigenvalue weighted by Crippen LogP contribution is -2.42. The molecular formula is C24H25NO2. The molecule has 0 amide bonds. The molecule has 0 radical (unpaired) electrons. The van der Waals surface area contributed by atoms with Gasteiger partial charge in [-0.25, -0.2) is 0 Å². The Morgan fingerprint density at radius 2 is 2.15 bits per heavy atom. The maximum absolute atomic E-state index is 13.3. The molecule has 4 atom stereocenters. The van der Waals surface area contributed by atoms with Crippen LogP contribution in [0.4, 0.5) is 0 Å². The molecule has 0 spiro atoms. The molecule has 0 aliphatic heterocycles. The normalized spacial score (nSPS) is 33.4. The van der Waals surface area contributed by atoms with Crippen LogP contribution in [0.5, 0.6) is 5.75 Å². The molecule has 138 valence electrons. The van der Waals surface area contributed by atoms with Gasteiger partial charge in [-0.2, -0.15) is 0 Å². The van der Waals surface area contributed by atoms with E-state index in [0.29, 0.717) is 29.3 Å². The second-order valence-electron chi connectivity index (χ2n) is 8.74. The van der Waals surface area contributed by atoms with Crippen molar-refractivity contribution in [1.82, 2.24) is 4.98 Å². The molecule has 3 aliphatic rings. The van der Waals surface area contributed by atoms with Crippen LogP contribution in [-0.2, 0) is 11.2 Å². The van der Waals surface area contributed by atoms with Crippen LogP contribution in [-0.4, -0.2) is 15.9 Å². The van der Waals surface area contributed by atoms with E-state index in [4.69, 9.17) is 0 Å². The van der Waals surface area contributed by atoms with Crippen LogP contribution < -0.4 is 0 Å². The number of benzene rings is 1. The number of hydrogen-bond acceptors (Lipinski definition) is 3. The fraction of sp³-hybridized carbons (Fsp3) is 0.417. The lowest BCUT2D eigenvalue weighted by molar-refractivity contribution is -0.127. The number of pyridine rings is 1. The average molecular weight is 359 g/mol. The van der Waals surface area contributed by atoms with Gasteiger partial charge in [0, 0.05) is 17.8 Å². The van der Waals surface area contributed by atoms with Gasteiger partial charge in [0.25, 0.3) is 0 Å². The van der Waals surface area contributed by atoms with Crippen molar-refractivity contribution < 1.29 is 9.90 Å². The van der Waals surface area contributed by atoms with Gasteiger partial charge in [0.1, 0.15) is 5.75 Å². The number of aryl methyl sites for hydroxylation is 1. The van der Waals surface area contributed by atoms with Crippen molar-refractivity contribution in [3.63, 3.8) is 0 Å². The summed E-state index contributed by atoms with van der Waals surface area (Å²) in [6.07, 6.45) is 10.7. The molecule has 3 nitrogen and oxygen atoms in total. The summed E-state index contributed by atoms with van der Waals surface area (Å²) in [4.78, 5) is 17.5. The summed E-state index contributed by atoms with van der Waals surface area (Å²) in [7, 11) is 0. The van der Waals surface area contributed by atoms with Gasteiger partial charge in [-0.05, 0) is 96.4 Å². The Morgan fingerprint density at radius 3 is 2.96 bits per heavy atom. The maximum atomic E-state index is 13.3. The second kappa shape index (κ2) is 6.05. The predicted molar refractivity (Wildman–Crippen MR) is 105 cm³/mol. The standard InChI is InChI=1S/C24H25NO2/c1-24-9-8-20-19-7-5-18(26)12-16(19)4-6-21(20)22(24)13-17(23(24)27)11-15-3-2-10-25-14-15/h2-3,5,7,10-12,14,20-22,26H,4,6,8-9,13H2,1H3/b17-11+/t20-,21-,22+,24+/m1/s1. The number of hydrogen-bond donors (Lipinski definition) is 1. The lowest BCUT2D eigenvalue weighted by Gasteiger charge is -2.48. The number of nitrogens with zero attached hydrogens (tertiary/aromatic N) is 1. The minimum absolute atomic E-state index is 0.219. The highest BCUT2D eigenvalue weighted by atomic mass is 16.3. The van der Waals surface area contributed by atoms with E-state index in [1.54, 1.807) is 6.20 Å². The van der Waals surface area contributed by atoms with E-state index in [1.807, 2.05) is 30.5 Å². The molecule has 0 bridgehead atoms. The quantitative estimate of drug-likeness (QED) is 0.736. The van der Waals surface area contributed by atoms with Crippen LogP contribution >= 0.6 is 0 Å². The fourth-order valence-electron chi connectivity index (χ4n) is 6.03. The molecule has 1 heterocycles. The van der Waals surface area contributed by atoms with Crippen molar-refractivity contribution in [2.45, 2.75) is 44.9 Å². The number of ketones is 1. The zero-order chi connectivity index (χ0) is 18.6. The van der Waals surface area contributed by atoms with E-state index in [1.165, 1.54) is 11.1 Å². The second-order valence-corrected chi connectivity index (χ2v) is 8.74. The Balaban J connectivity index is 1.50. The molecule has 27 heavy (non-hydrogen) atoms. The minimum Gasteiger partial charge on any atom is -0.508 e. The predicted octanol–water partition coefficient (Wildman–Crippen LogP) is 4.91. The molecule has 2 saturated carbocycles. The Labute approximate surface area is 160 Å². The number of carbonyl (C=O) groups is 1. The zero-order valence-corrected chi connectivity index (χ0v) is 15.7. The topological polar surface area (TPSA) is 50.2 Å². The minimum atomic E-state index is -0.219. The molecule has 3 heteroatoms. The summed E-state index contributed by atoms with van der Waals surface area (Å²) in [6.45, 7) is 2.20. The summed E-state index contributed by atoms with van der Waals surface area (Å²) in [5, 5.41) is 9.83. The van der Waals surface area contributed by atoms with Gasteiger partial charge in [-0.15, -0.1) is 0 Å². The summed E-state index contributed by atoms with van der Waals surface area (Å²) < 4.78 is 0. The summed E-state index contributed by atoms with van der Waals surface area (Å²) in [5.41, 5.74) is 4.49. The van der Waals surface area contributed by atoms with Crippen LogP contribution in [0, 0.1) is 17.3 Å². The highest BCUT2D eigenvalue weighted by Crippen LogP contribution is 2.60. The molecule has 5 rings (SSSR count). The van der Waals surface area contributed by atoms with E-state index >= 15 is 0 Å². The van der Waals surface area contributed by atoms with Gasteiger partial charge in [0.2, 0.25) is 0 Å². The number of allylic oxidation sites excluding steroid dienone is 1. The highest BCUT2D eigenvalue weighted by molar-refractivity contribution is 6.05. The van der Waals surface area contributed by atoms with Gasteiger partial charge < -0.3 is 5.11 Å². The molecule has 1 N–H and O–H groups in total. The van der Waals surface area contributed by atoms with Gasteiger partial charge >= 0.3 is 0 Å². The first-order chi connectivity index (χ1) is 13.1. The van der Waals surface area contributed by atoms with E-state index in [0.717, 1.165) is 43.2 Å². The average Bonchev–Trinajstić information content (AvgIpc) is 2.93. The van der Waals surface area contributed by atoms with Crippen LogP contribution in [0.25, 0.3) is 6.08 Å². The third-order valence-electron chi connectivity index (χ3n) is 7.38. The monoisotopic (exact) mass is 359 g/mol. The van der Waals surface area contributed by atoms with Crippen molar-refractivity contribution in [1.29, 1.82) is 0 Å². The van der Waals surface area contributed by atoms with Crippen molar-refractivity contribution in [3.8, 4) is 5.75 Å². The fourth-order valence-corrected chi connectivity index (χ4v) is 6.03. The molecule has 1 aromatic carbocycles. The van der Waals surface area contributed by atoms with Crippen molar-refractivity contribution in [3.05, 3.63) is 65.0 Å². The first-order valence-electron chi connectivity index (χ1n) is 10.0. The van der Waals surface area contributed by atoms with E-state index in [2.05, 4.69) is 24.1 Å². The summed E-state index contributed by atoms with van der Waals surface area (Å²) in [6, 6.07) is 9.82. The summed E-state index contributed by atoms with van der Waals surface area (Å²) in [5.74, 6) is 2.23. The molecule has 3 aliphatic carbocycles. The molecule has 2 fully saturated rings. The molecule has 0 saturated heterocycles. The Kier molecular flexibility index (Phi) is 3.75. The molecular weight excluding hydrogens is 334 g/mol. The summed E-state index contributed by atoms with van der Waals surface area (Å²) >= 11 is 0. The van der Waals surface area contributed by atoms with E-state index < -0.39 is 0 Å². The molecule has 0 unspecified atom stereocenters. The van der Waals surface area contributed by atoms with Crippen LogP contribution in [0.15, 0.2) is 48.3 Å². The largest absolute Gasteiger partial charge is 0.508 e. The lowest BCUT2D eigenvalue weighted by atomic mass is 9.55. The Bertz CT molecular complexity index is 933. The number of phenols is 1. The van der Waals surface area contributed by atoms with Crippen LogP contribution in [0.3, 0.4) is 0 Å². The smallest absolute Gasteiger partial charge is 0.165 e. The molecule has 1 aromatic heterocycles. The van der Waals surface area contributed by atoms with Gasteiger partial charge in [-0.3, -0.25) is 9.78 Å². The highest BCUT2D eigenvalue weighted by Gasteiger charge is 2.56. The van der Waals surface area contributed by atoms with Gasteiger partial charge in [-0.1, -0.05) is 19.1 Å². The Hall–Kier alpha value is -2.42. The van der Waals surface area contributed by atoms with Crippen LogP contribution in [0.1, 0.15) is 55.2 Å². The van der Waals surface area contributed by atoms with E-state index in [9.17, 15) is 9.90 Å². The maximum Gasteiger partial charge on any atom is 0.165 e. The van der Waals surface area contributed by atoms with Gasteiger partial charge in [0.05, 0.1) is 0 Å². The van der Waals surface area contributed by atoms with Crippen LogP contribution in [0.2, 0.25) is 0 Å². The number of aromatic hydroxyl groups is 1. The third kappa shape index (κ3) is 2.55. The number of aromatic nitrogens is 1. The van der Waals surface area contributed by atoms with E-state index in [-0.39, 0.29) is 5.41 Å². The van der Waals surface area contributed by atoms with Crippen molar-refractivity contribution in [2.75, 3.05) is 0 Å². The zero-order valence-electron chi connectivity index (χ0n) is 15.7. The van der Waals surface area contributed by atoms with Crippen molar-refractivity contribution in [2.24, 2.45) is 17.3 Å². The number of rotatable bonds is 1. The SMILES string of the molecule is C[C@]12CC[C@@H]3c4ccc(O)cc4CC[C@H]3[C@@H]1C/C(=C\c1cccnc1)C2=O. The first kappa shape index (κ1) is 16.7. The molecule has 2 aromatic rings.